The molecule has 0 N–H and O–H groups in total. The van der Waals surface area contributed by atoms with Gasteiger partial charge in [-0.1, -0.05) is 20.8 Å². The summed E-state index contributed by atoms with van der Waals surface area (Å²) in [5.41, 5.74) is 0.221. The van der Waals surface area contributed by atoms with Gasteiger partial charge in [0, 0.05) is 12.1 Å². The third-order valence-electron chi connectivity index (χ3n) is 3.25. The van der Waals surface area contributed by atoms with Gasteiger partial charge in [-0.3, -0.25) is 9.69 Å². The fourth-order valence-corrected chi connectivity index (χ4v) is 1.46. The van der Waals surface area contributed by atoms with Crippen LogP contribution in [0.5, 0.6) is 0 Å². The summed E-state index contributed by atoms with van der Waals surface area (Å²) >= 11 is 0. The Labute approximate surface area is 93.8 Å². The van der Waals surface area contributed by atoms with Crippen molar-refractivity contribution >= 4 is 5.97 Å². The van der Waals surface area contributed by atoms with Gasteiger partial charge in [-0.05, 0) is 26.3 Å². The molecule has 3 nitrogen and oxygen atoms in total. The van der Waals surface area contributed by atoms with Gasteiger partial charge in [-0.2, -0.15) is 0 Å². The Morgan fingerprint density at radius 1 is 1.33 bits per heavy atom. The largest absolute Gasteiger partial charge is 0.469 e. The van der Waals surface area contributed by atoms with Gasteiger partial charge in [-0.25, -0.2) is 0 Å². The van der Waals surface area contributed by atoms with Crippen molar-refractivity contribution in [3.8, 4) is 0 Å². The highest BCUT2D eigenvalue weighted by Gasteiger charge is 2.27. The van der Waals surface area contributed by atoms with E-state index < -0.39 is 0 Å². The van der Waals surface area contributed by atoms with E-state index in [4.69, 9.17) is 0 Å². The van der Waals surface area contributed by atoms with Crippen LogP contribution >= 0.6 is 0 Å². The number of nitrogens with zero attached hydrogens (tertiary/aromatic N) is 1. The summed E-state index contributed by atoms with van der Waals surface area (Å²) in [5.74, 6) is -0.143. The van der Waals surface area contributed by atoms with Crippen LogP contribution < -0.4 is 0 Å². The van der Waals surface area contributed by atoms with Gasteiger partial charge in [0.1, 0.15) is 0 Å². The van der Waals surface area contributed by atoms with Crippen molar-refractivity contribution < 1.29 is 9.53 Å². The van der Waals surface area contributed by atoms with Crippen LogP contribution in [-0.2, 0) is 9.53 Å². The van der Waals surface area contributed by atoms with E-state index in [2.05, 4.69) is 51.3 Å². The number of carbonyl (C=O) groups is 1. The molecule has 0 aliphatic carbocycles. The number of rotatable bonds is 4. The van der Waals surface area contributed by atoms with Gasteiger partial charge in [0.25, 0.3) is 0 Å². The highest BCUT2D eigenvalue weighted by atomic mass is 16.5. The Morgan fingerprint density at radius 2 is 1.80 bits per heavy atom. The summed E-state index contributed by atoms with van der Waals surface area (Å²) in [6, 6.07) is 0.642. The average molecular weight is 215 g/mol. The third-order valence-corrected chi connectivity index (χ3v) is 3.25. The molecule has 0 fully saturated rings. The van der Waals surface area contributed by atoms with Crippen LogP contribution in [0.15, 0.2) is 0 Å². The Kier molecular flexibility index (Phi) is 5.29. The lowest BCUT2D eigenvalue weighted by Crippen LogP contribution is -2.44. The van der Waals surface area contributed by atoms with Crippen LogP contribution in [0, 0.1) is 5.41 Å². The summed E-state index contributed by atoms with van der Waals surface area (Å²) in [4.78, 5) is 13.4. The zero-order valence-electron chi connectivity index (χ0n) is 11.1. The lowest BCUT2D eigenvalue weighted by Gasteiger charge is -2.38. The van der Waals surface area contributed by atoms with Gasteiger partial charge in [-0.15, -0.1) is 0 Å². The number of carbonyl (C=O) groups excluding carboxylic acids is 1. The maximum absolute atomic E-state index is 11.2. The van der Waals surface area contributed by atoms with Crippen molar-refractivity contribution in [1.82, 2.24) is 4.90 Å². The molecule has 15 heavy (non-hydrogen) atoms. The van der Waals surface area contributed by atoms with Crippen LogP contribution in [0.1, 0.15) is 41.0 Å². The van der Waals surface area contributed by atoms with Gasteiger partial charge in [0.2, 0.25) is 0 Å². The van der Waals surface area contributed by atoms with E-state index in [1.807, 2.05) is 0 Å². The van der Waals surface area contributed by atoms with Crippen LogP contribution in [0.4, 0.5) is 0 Å². The van der Waals surface area contributed by atoms with Gasteiger partial charge >= 0.3 is 5.97 Å². The molecule has 0 aliphatic heterocycles. The molecule has 0 rings (SSSR count). The molecule has 0 bridgehead atoms. The fourth-order valence-electron chi connectivity index (χ4n) is 1.46. The second-order valence-electron chi connectivity index (χ2n) is 5.34. The maximum atomic E-state index is 11.2. The van der Waals surface area contributed by atoms with Crippen molar-refractivity contribution in [2.75, 3.05) is 14.2 Å². The molecular weight excluding hydrogens is 190 g/mol. The number of hydrogen-bond acceptors (Lipinski definition) is 3. The Bertz CT molecular complexity index is 208. The van der Waals surface area contributed by atoms with Crippen molar-refractivity contribution in [3.63, 3.8) is 0 Å². The molecular formula is C12H25NO2. The third kappa shape index (κ3) is 4.65. The molecule has 3 heteroatoms. The second kappa shape index (κ2) is 5.50. The van der Waals surface area contributed by atoms with E-state index in [9.17, 15) is 4.79 Å². The van der Waals surface area contributed by atoms with Crippen LogP contribution in [0.3, 0.4) is 0 Å². The van der Waals surface area contributed by atoms with Crippen LogP contribution in [0.2, 0.25) is 0 Å². The summed E-state index contributed by atoms with van der Waals surface area (Å²) in [6.07, 6.45) is 0.452. The van der Waals surface area contributed by atoms with Crippen LogP contribution in [-0.4, -0.2) is 37.1 Å². The first-order valence-electron chi connectivity index (χ1n) is 5.49. The molecule has 0 aromatic heterocycles. The smallest absolute Gasteiger partial charge is 0.307 e. The van der Waals surface area contributed by atoms with Crippen molar-refractivity contribution in [2.45, 2.75) is 53.1 Å². The van der Waals surface area contributed by atoms with E-state index in [1.54, 1.807) is 0 Å². The Balaban J connectivity index is 4.31. The number of ether oxygens (including phenoxy) is 1. The molecule has 0 aromatic carbocycles. The minimum atomic E-state index is -0.143. The van der Waals surface area contributed by atoms with Crippen molar-refractivity contribution in [3.05, 3.63) is 0 Å². The molecule has 90 valence electrons. The molecule has 0 radical (unpaired) electrons. The zero-order chi connectivity index (χ0) is 12.2. The SMILES string of the molecule is COC(=O)CC(C)N(C)C(C)C(C)(C)C. The highest BCUT2D eigenvalue weighted by Crippen LogP contribution is 2.24. The van der Waals surface area contributed by atoms with Gasteiger partial charge in [0.05, 0.1) is 13.5 Å². The summed E-state index contributed by atoms with van der Waals surface area (Å²) in [6.45, 7) is 10.9. The minimum Gasteiger partial charge on any atom is -0.469 e. The number of methoxy groups -OCH3 is 1. The average Bonchev–Trinajstić information content (AvgIpc) is 2.13. The predicted octanol–water partition coefficient (Wildman–Crippen LogP) is 2.30. The predicted molar refractivity (Wildman–Crippen MR) is 62.8 cm³/mol. The zero-order valence-corrected chi connectivity index (χ0v) is 11.1. The fraction of sp³-hybridized carbons (Fsp3) is 0.917. The molecule has 0 aliphatic rings. The molecule has 0 aromatic rings. The van der Waals surface area contributed by atoms with Gasteiger partial charge < -0.3 is 4.74 Å². The Morgan fingerprint density at radius 3 is 2.13 bits per heavy atom. The normalized spacial score (nSPS) is 16.3. The highest BCUT2D eigenvalue weighted by molar-refractivity contribution is 5.69. The van der Waals surface area contributed by atoms with Crippen molar-refractivity contribution in [1.29, 1.82) is 0 Å². The second-order valence-corrected chi connectivity index (χ2v) is 5.34. The standard InChI is InChI=1S/C12H25NO2/c1-9(8-11(14)15-7)13(6)10(2)12(3,4)5/h9-10H,8H2,1-7H3. The molecule has 2 unspecified atom stereocenters. The lowest BCUT2D eigenvalue weighted by atomic mass is 9.86. The maximum Gasteiger partial charge on any atom is 0.307 e. The van der Waals surface area contributed by atoms with E-state index >= 15 is 0 Å². The summed E-state index contributed by atoms with van der Waals surface area (Å²) in [7, 11) is 3.49. The van der Waals surface area contributed by atoms with E-state index in [0.29, 0.717) is 12.5 Å². The monoisotopic (exact) mass is 215 g/mol. The number of esters is 1. The molecule has 0 saturated carbocycles. The number of hydrogen-bond donors (Lipinski definition) is 0. The minimum absolute atomic E-state index is 0.143. The first kappa shape index (κ1) is 14.4. The van der Waals surface area contributed by atoms with E-state index in [-0.39, 0.29) is 17.4 Å². The van der Waals surface area contributed by atoms with E-state index in [0.717, 1.165) is 0 Å². The van der Waals surface area contributed by atoms with Crippen molar-refractivity contribution in [2.24, 2.45) is 5.41 Å². The van der Waals surface area contributed by atoms with Crippen LogP contribution in [0.25, 0.3) is 0 Å². The quantitative estimate of drug-likeness (QED) is 0.674. The lowest BCUT2D eigenvalue weighted by molar-refractivity contribution is -0.142. The topological polar surface area (TPSA) is 29.5 Å². The molecule has 0 amide bonds. The van der Waals surface area contributed by atoms with E-state index in [1.165, 1.54) is 7.11 Å². The summed E-state index contributed by atoms with van der Waals surface area (Å²) < 4.78 is 4.67. The summed E-state index contributed by atoms with van der Waals surface area (Å²) in [5, 5.41) is 0. The molecule has 0 spiro atoms. The molecule has 0 heterocycles. The first-order valence-corrected chi connectivity index (χ1v) is 5.49. The van der Waals surface area contributed by atoms with Gasteiger partial charge in [0.15, 0.2) is 0 Å². The first-order chi connectivity index (χ1) is 6.70. The molecule has 2 atom stereocenters. The molecule has 0 saturated heterocycles. The Hall–Kier alpha value is -0.570.